The Hall–Kier alpha value is -1.65. The van der Waals surface area contributed by atoms with Crippen LogP contribution in [0, 0.1) is 0 Å². The summed E-state index contributed by atoms with van der Waals surface area (Å²) in [5.41, 5.74) is 0.708. The SMILES string of the molecule is COc1ccc(NC=CCC(F)(F)F)cc1. The molecule has 5 heteroatoms. The first-order valence-electron chi connectivity index (χ1n) is 4.63. The normalized spacial score (nSPS) is 11.8. The predicted octanol–water partition coefficient (Wildman–Crippen LogP) is 3.57. The summed E-state index contributed by atoms with van der Waals surface area (Å²) in [5.74, 6) is 0.699. The second-order valence-electron chi connectivity index (χ2n) is 3.09. The van der Waals surface area contributed by atoms with Gasteiger partial charge in [-0.05, 0) is 30.5 Å². The average molecular weight is 231 g/mol. The number of anilines is 1. The highest BCUT2D eigenvalue weighted by atomic mass is 19.4. The van der Waals surface area contributed by atoms with Gasteiger partial charge in [0, 0.05) is 5.69 Å². The van der Waals surface area contributed by atoms with E-state index in [9.17, 15) is 13.2 Å². The molecule has 0 saturated heterocycles. The summed E-state index contributed by atoms with van der Waals surface area (Å²) in [7, 11) is 1.55. The Bertz CT molecular complexity index is 343. The Morgan fingerprint density at radius 2 is 1.88 bits per heavy atom. The number of ether oxygens (including phenoxy) is 1. The molecule has 0 unspecified atom stereocenters. The Balaban J connectivity index is 2.42. The van der Waals surface area contributed by atoms with Gasteiger partial charge in [0.1, 0.15) is 5.75 Å². The van der Waals surface area contributed by atoms with Crippen molar-refractivity contribution in [1.82, 2.24) is 0 Å². The van der Waals surface area contributed by atoms with Crippen molar-refractivity contribution in [1.29, 1.82) is 0 Å². The quantitative estimate of drug-likeness (QED) is 0.855. The van der Waals surface area contributed by atoms with E-state index in [1.807, 2.05) is 0 Å². The molecule has 0 aliphatic heterocycles. The minimum absolute atomic E-state index is 0.699. The maximum absolute atomic E-state index is 11.8. The van der Waals surface area contributed by atoms with Crippen LogP contribution in [0.4, 0.5) is 18.9 Å². The van der Waals surface area contributed by atoms with Crippen molar-refractivity contribution in [2.45, 2.75) is 12.6 Å². The molecule has 88 valence electrons. The fourth-order valence-corrected chi connectivity index (χ4v) is 1.03. The van der Waals surface area contributed by atoms with Gasteiger partial charge in [-0.1, -0.05) is 6.08 Å². The van der Waals surface area contributed by atoms with E-state index in [1.54, 1.807) is 31.4 Å². The Kier molecular flexibility index (Phi) is 4.22. The molecule has 0 heterocycles. The molecular formula is C11H12F3NO. The number of alkyl halides is 3. The smallest absolute Gasteiger partial charge is 0.392 e. The van der Waals surface area contributed by atoms with E-state index in [0.717, 1.165) is 6.08 Å². The van der Waals surface area contributed by atoms with Gasteiger partial charge < -0.3 is 10.1 Å². The topological polar surface area (TPSA) is 21.3 Å². The van der Waals surface area contributed by atoms with Crippen LogP contribution in [0.3, 0.4) is 0 Å². The average Bonchev–Trinajstić information content (AvgIpc) is 2.24. The standard InChI is InChI=1S/C11H12F3NO/c1-16-10-5-3-9(4-6-10)15-8-2-7-11(12,13)14/h2-6,8,15H,7H2,1H3. The molecule has 0 radical (unpaired) electrons. The van der Waals surface area contributed by atoms with Crippen LogP contribution in [0.5, 0.6) is 5.75 Å². The van der Waals surface area contributed by atoms with E-state index in [1.165, 1.54) is 6.20 Å². The van der Waals surface area contributed by atoms with Crippen LogP contribution < -0.4 is 10.1 Å². The fourth-order valence-electron chi connectivity index (χ4n) is 1.03. The highest BCUT2D eigenvalue weighted by molar-refractivity contribution is 5.48. The van der Waals surface area contributed by atoms with Gasteiger partial charge >= 0.3 is 6.18 Å². The van der Waals surface area contributed by atoms with Crippen LogP contribution in [0.2, 0.25) is 0 Å². The summed E-state index contributed by atoms with van der Waals surface area (Å²) in [5, 5.41) is 2.73. The van der Waals surface area contributed by atoms with Crippen molar-refractivity contribution in [3.05, 3.63) is 36.5 Å². The molecule has 16 heavy (non-hydrogen) atoms. The van der Waals surface area contributed by atoms with Crippen LogP contribution >= 0.6 is 0 Å². The van der Waals surface area contributed by atoms with Gasteiger partial charge in [0.25, 0.3) is 0 Å². The first-order chi connectivity index (χ1) is 7.51. The van der Waals surface area contributed by atoms with Gasteiger partial charge in [-0.15, -0.1) is 0 Å². The van der Waals surface area contributed by atoms with Crippen LogP contribution in [-0.4, -0.2) is 13.3 Å². The lowest BCUT2D eigenvalue weighted by Gasteiger charge is -2.03. The van der Waals surface area contributed by atoms with Gasteiger partial charge in [0.2, 0.25) is 0 Å². The van der Waals surface area contributed by atoms with E-state index < -0.39 is 12.6 Å². The highest BCUT2D eigenvalue weighted by Crippen LogP contribution is 2.20. The third-order valence-electron chi connectivity index (χ3n) is 1.81. The second kappa shape index (κ2) is 5.44. The molecule has 1 aromatic rings. The number of rotatable bonds is 4. The molecule has 0 saturated carbocycles. The zero-order valence-electron chi connectivity index (χ0n) is 8.71. The lowest BCUT2D eigenvalue weighted by Crippen LogP contribution is -2.04. The molecule has 0 aliphatic carbocycles. The first-order valence-corrected chi connectivity index (χ1v) is 4.63. The number of allylic oxidation sites excluding steroid dienone is 1. The minimum atomic E-state index is -4.15. The van der Waals surface area contributed by atoms with Crippen molar-refractivity contribution < 1.29 is 17.9 Å². The van der Waals surface area contributed by atoms with Gasteiger partial charge in [0.05, 0.1) is 13.5 Å². The minimum Gasteiger partial charge on any atom is -0.497 e. The van der Waals surface area contributed by atoms with Crippen molar-refractivity contribution in [3.8, 4) is 5.75 Å². The summed E-state index contributed by atoms with van der Waals surface area (Å²) in [6.07, 6.45) is -2.78. The third-order valence-corrected chi connectivity index (χ3v) is 1.81. The van der Waals surface area contributed by atoms with Crippen LogP contribution in [0.25, 0.3) is 0 Å². The Labute approximate surface area is 91.7 Å². The molecule has 1 N–H and O–H groups in total. The summed E-state index contributed by atoms with van der Waals surface area (Å²) in [6, 6.07) is 6.88. The third kappa shape index (κ3) is 4.72. The predicted molar refractivity (Wildman–Crippen MR) is 56.4 cm³/mol. The molecule has 1 aromatic carbocycles. The number of halogens is 3. The molecule has 0 spiro atoms. The maximum Gasteiger partial charge on any atom is 0.392 e. The largest absolute Gasteiger partial charge is 0.497 e. The van der Waals surface area contributed by atoms with Crippen LogP contribution in [-0.2, 0) is 0 Å². The highest BCUT2D eigenvalue weighted by Gasteiger charge is 2.24. The second-order valence-corrected chi connectivity index (χ2v) is 3.09. The number of benzene rings is 1. The van der Waals surface area contributed by atoms with Crippen LogP contribution in [0.15, 0.2) is 36.5 Å². The molecule has 0 amide bonds. The Morgan fingerprint density at radius 3 is 2.38 bits per heavy atom. The summed E-state index contributed by atoms with van der Waals surface area (Å²) < 4.78 is 40.3. The maximum atomic E-state index is 11.8. The lowest BCUT2D eigenvalue weighted by molar-refractivity contribution is -0.125. The molecule has 0 aromatic heterocycles. The summed E-state index contributed by atoms with van der Waals surface area (Å²) >= 11 is 0. The molecule has 2 nitrogen and oxygen atoms in total. The van der Waals surface area contributed by atoms with E-state index in [2.05, 4.69) is 5.32 Å². The van der Waals surface area contributed by atoms with Gasteiger partial charge in [-0.3, -0.25) is 0 Å². The number of nitrogens with one attached hydrogen (secondary N) is 1. The van der Waals surface area contributed by atoms with Crippen molar-refractivity contribution in [3.63, 3.8) is 0 Å². The number of methoxy groups -OCH3 is 1. The number of hydrogen-bond acceptors (Lipinski definition) is 2. The van der Waals surface area contributed by atoms with E-state index in [4.69, 9.17) is 4.74 Å². The molecular weight excluding hydrogens is 219 g/mol. The zero-order chi connectivity index (χ0) is 12.0. The van der Waals surface area contributed by atoms with Gasteiger partial charge in [0.15, 0.2) is 0 Å². The van der Waals surface area contributed by atoms with E-state index in [0.29, 0.717) is 11.4 Å². The first kappa shape index (κ1) is 12.4. The molecule has 0 atom stereocenters. The monoisotopic (exact) mass is 231 g/mol. The molecule has 0 fully saturated rings. The van der Waals surface area contributed by atoms with E-state index in [-0.39, 0.29) is 0 Å². The number of hydrogen-bond donors (Lipinski definition) is 1. The van der Waals surface area contributed by atoms with Crippen molar-refractivity contribution in [2.75, 3.05) is 12.4 Å². The summed E-state index contributed by atoms with van der Waals surface area (Å²) in [6.45, 7) is 0. The molecule has 0 aliphatic rings. The summed E-state index contributed by atoms with van der Waals surface area (Å²) in [4.78, 5) is 0. The van der Waals surface area contributed by atoms with Crippen LogP contribution in [0.1, 0.15) is 6.42 Å². The molecule has 1 rings (SSSR count). The van der Waals surface area contributed by atoms with Gasteiger partial charge in [-0.2, -0.15) is 13.2 Å². The van der Waals surface area contributed by atoms with Gasteiger partial charge in [-0.25, -0.2) is 0 Å². The lowest BCUT2D eigenvalue weighted by atomic mass is 10.3. The van der Waals surface area contributed by atoms with Crippen molar-refractivity contribution in [2.24, 2.45) is 0 Å². The fraction of sp³-hybridized carbons (Fsp3) is 0.273. The van der Waals surface area contributed by atoms with E-state index >= 15 is 0 Å². The van der Waals surface area contributed by atoms with Crippen molar-refractivity contribution >= 4 is 5.69 Å². The Morgan fingerprint density at radius 1 is 1.25 bits per heavy atom. The zero-order valence-corrected chi connectivity index (χ0v) is 8.71. The molecule has 0 bridgehead atoms.